The van der Waals surface area contributed by atoms with E-state index in [1.807, 2.05) is 45.4 Å². The van der Waals surface area contributed by atoms with Crippen LogP contribution >= 0.6 is 11.3 Å². The van der Waals surface area contributed by atoms with E-state index >= 15 is 0 Å². The number of thiophene rings is 1. The van der Waals surface area contributed by atoms with Crippen LogP contribution in [0.2, 0.25) is 0 Å². The van der Waals surface area contributed by atoms with Gasteiger partial charge in [0.2, 0.25) is 0 Å². The van der Waals surface area contributed by atoms with E-state index in [4.69, 9.17) is 9.47 Å². The van der Waals surface area contributed by atoms with Gasteiger partial charge in [-0.15, -0.1) is 11.3 Å². The van der Waals surface area contributed by atoms with Gasteiger partial charge in [-0.3, -0.25) is 4.98 Å². The van der Waals surface area contributed by atoms with Gasteiger partial charge in [0.25, 0.3) is 0 Å². The van der Waals surface area contributed by atoms with Gasteiger partial charge < -0.3 is 34.9 Å². The number of aromatic nitrogens is 3. The molecule has 4 aromatic rings. The van der Waals surface area contributed by atoms with Crippen molar-refractivity contribution in [2.45, 2.75) is 46.3 Å². The number of pyridine rings is 1. The molecule has 4 rings (SSSR count). The summed E-state index contributed by atoms with van der Waals surface area (Å²) in [6.07, 6.45) is 3.35. The predicted molar refractivity (Wildman–Crippen MR) is 162 cm³/mol. The average molecular weight is 598 g/mol. The van der Waals surface area contributed by atoms with Crippen LogP contribution in [0.3, 0.4) is 0 Å². The summed E-state index contributed by atoms with van der Waals surface area (Å²) < 4.78 is 28.7. The summed E-state index contributed by atoms with van der Waals surface area (Å²) in [5.74, 6) is 0.546. The molecule has 0 aliphatic heterocycles. The number of nitrogens with zero attached hydrogens (tertiary/aromatic N) is 4. The number of fused-ring (bicyclic) bond motifs is 1. The van der Waals surface area contributed by atoms with E-state index in [0.717, 1.165) is 15.3 Å². The molecular formula is C29H36FN7O4S. The van der Waals surface area contributed by atoms with Crippen molar-refractivity contribution in [3.63, 3.8) is 0 Å². The van der Waals surface area contributed by atoms with Crippen LogP contribution in [0.15, 0.2) is 42.7 Å². The molecule has 0 saturated heterocycles. The Balaban J connectivity index is 1.55. The third-order valence-electron chi connectivity index (χ3n) is 6.13. The molecule has 11 nitrogen and oxygen atoms in total. The first-order valence-corrected chi connectivity index (χ1v) is 14.4. The van der Waals surface area contributed by atoms with Crippen molar-refractivity contribution in [1.82, 2.24) is 30.1 Å². The minimum Gasteiger partial charge on any atom is -0.453 e. The second-order valence-corrected chi connectivity index (χ2v) is 11.3. The number of methoxy groups -OCH3 is 1. The van der Waals surface area contributed by atoms with Gasteiger partial charge >= 0.3 is 12.1 Å². The fourth-order valence-corrected chi connectivity index (χ4v) is 5.22. The van der Waals surface area contributed by atoms with Gasteiger partial charge in [-0.05, 0) is 45.9 Å². The molecule has 3 heterocycles. The molecule has 0 saturated carbocycles. The lowest BCUT2D eigenvalue weighted by Gasteiger charge is -2.24. The number of amides is 4. The van der Waals surface area contributed by atoms with Crippen LogP contribution in [0, 0.1) is 5.82 Å². The van der Waals surface area contributed by atoms with E-state index in [1.165, 1.54) is 23.5 Å². The molecule has 0 bridgehead atoms. The number of carbonyl (C=O) groups excluding carboxylic acids is 2. The fourth-order valence-electron chi connectivity index (χ4n) is 4.12. The highest BCUT2D eigenvalue weighted by Gasteiger charge is 2.20. The van der Waals surface area contributed by atoms with Crippen molar-refractivity contribution in [3.05, 3.63) is 54.2 Å². The van der Waals surface area contributed by atoms with E-state index < -0.39 is 11.8 Å². The number of hydrogen-bond donors (Lipinski definition) is 3. The largest absolute Gasteiger partial charge is 0.453 e. The maximum atomic E-state index is 14.9. The first kappa shape index (κ1) is 30.7. The Kier molecular flexibility index (Phi) is 9.96. The molecule has 224 valence electrons. The van der Waals surface area contributed by atoms with Crippen molar-refractivity contribution < 1.29 is 23.5 Å². The number of halogens is 1. The molecule has 0 aliphatic rings. The van der Waals surface area contributed by atoms with Crippen LogP contribution < -0.4 is 20.7 Å². The van der Waals surface area contributed by atoms with E-state index in [2.05, 4.69) is 25.9 Å². The summed E-state index contributed by atoms with van der Waals surface area (Å²) in [5.41, 5.74) is 1.84. The molecule has 13 heteroatoms. The summed E-state index contributed by atoms with van der Waals surface area (Å²) in [5, 5.41) is 8.23. The molecule has 0 fully saturated rings. The zero-order valence-electron chi connectivity index (χ0n) is 24.5. The van der Waals surface area contributed by atoms with Gasteiger partial charge in [0.1, 0.15) is 11.6 Å². The van der Waals surface area contributed by atoms with E-state index in [1.54, 1.807) is 36.5 Å². The maximum absolute atomic E-state index is 14.9. The number of imidazole rings is 1. The lowest BCUT2D eigenvalue weighted by molar-refractivity contribution is 0.144. The highest BCUT2D eigenvalue weighted by atomic mass is 32.1. The molecule has 0 unspecified atom stereocenters. The van der Waals surface area contributed by atoms with Crippen LogP contribution in [0.25, 0.3) is 20.9 Å². The van der Waals surface area contributed by atoms with Gasteiger partial charge in [0, 0.05) is 56.8 Å². The van der Waals surface area contributed by atoms with E-state index in [0.29, 0.717) is 42.5 Å². The Labute approximate surface area is 248 Å². The normalized spacial score (nSPS) is 11.3. The smallest absolute Gasteiger partial charge is 0.319 e. The molecular weight excluding hydrogens is 561 g/mol. The van der Waals surface area contributed by atoms with Crippen LogP contribution in [-0.2, 0) is 18.3 Å². The molecule has 42 heavy (non-hydrogen) atoms. The third-order valence-corrected chi connectivity index (χ3v) is 7.26. The van der Waals surface area contributed by atoms with Gasteiger partial charge in [-0.2, -0.15) is 0 Å². The number of benzene rings is 1. The maximum Gasteiger partial charge on any atom is 0.319 e. The number of nitrogens with one attached hydrogen (secondary N) is 3. The molecule has 0 spiro atoms. The number of rotatable bonds is 11. The minimum absolute atomic E-state index is 0.00593. The summed E-state index contributed by atoms with van der Waals surface area (Å²) in [6, 6.07) is 7.20. The fraction of sp³-hybridized carbons (Fsp3) is 0.379. The Hall–Kier alpha value is -4.23. The predicted octanol–water partition coefficient (Wildman–Crippen LogP) is 5.72. The molecule has 4 amide bonds. The van der Waals surface area contributed by atoms with E-state index in [-0.39, 0.29) is 23.9 Å². The average Bonchev–Trinajstić information content (AvgIpc) is 3.50. The van der Waals surface area contributed by atoms with Crippen molar-refractivity contribution in [2.75, 3.05) is 25.6 Å². The Morgan fingerprint density at radius 2 is 1.83 bits per heavy atom. The minimum atomic E-state index is -0.618. The summed E-state index contributed by atoms with van der Waals surface area (Å²) in [4.78, 5) is 36.3. The number of anilines is 1. The first-order chi connectivity index (χ1) is 20.0. The van der Waals surface area contributed by atoms with Crippen molar-refractivity contribution >= 4 is 39.3 Å². The van der Waals surface area contributed by atoms with Crippen LogP contribution in [0.1, 0.15) is 33.4 Å². The second-order valence-electron chi connectivity index (χ2n) is 10.3. The molecule has 0 atom stereocenters. The van der Waals surface area contributed by atoms with E-state index in [9.17, 15) is 14.0 Å². The van der Waals surface area contributed by atoms with Crippen molar-refractivity contribution in [3.8, 4) is 22.2 Å². The standard InChI is InChI=1S/C29H36FN7O4S/c1-17(2)33-28(38)35-19-7-8-23(21(30)13-19)41-24-9-10-31-22-14-25(42-26(22)24)27-32-15-20(36(27)5)16-37(11-12-40-6)29(39)34-18(3)4/h7-10,13-15,17-18H,11-12,16H2,1-6H3,(H,34,39)(H2,33,35,38). The number of urea groups is 2. The van der Waals surface area contributed by atoms with Gasteiger partial charge in [-0.1, -0.05) is 0 Å². The zero-order chi connectivity index (χ0) is 30.4. The lowest BCUT2D eigenvalue weighted by Crippen LogP contribution is -2.44. The topological polar surface area (TPSA) is 123 Å². The molecule has 3 N–H and O–H groups in total. The van der Waals surface area contributed by atoms with Crippen LogP contribution in [-0.4, -0.2) is 63.8 Å². The summed E-state index contributed by atoms with van der Waals surface area (Å²) in [6.45, 7) is 8.70. The molecule has 0 radical (unpaired) electrons. The number of hydrogen-bond acceptors (Lipinski definition) is 7. The van der Waals surface area contributed by atoms with Gasteiger partial charge in [-0.25, -0.2) is 19.0 Å². The monoisotopic (exact) mass is 597 g/mol. The second kappa shape index (κ2) is 13.6. The SMILES string of the molecule is COCCN(Cc1cnc(-c2cc3nccc(Oc4ccc(NC(=O)NC(C)C)cc4F)c3s2)n1C)C(=O)NC(C)C. The Bertz CT molecular complexity index is 1550. The van der Waals surface area contributed by atoms with Crippen molar-refractivity contribution in [1.29, 1.82) is 0 Å². The van der Waals surface area contributed by atoms with Crippen LogP contribution in [0.5, 0.6) is 11.5 Å². The third kappa shape index (κ3) is 7.53. The van der Waals surface area contributed by atoms with Gasteiger partial charge in [0.15, 0.2) is 11.6 Å². The van der Waals surface area contributed by atoms with Gasteiger partial charge in [0.05, 0.1) is 40.1 Å². The first-order valence-electron chi connectivity index (χ1n) is 13.5. The van der Waals surface area contributed by atoms with Crippen LogP contribution in [0.4, 0.5) is 19.7 Å². The molecule has 3 aromatic heterocycles. The highest BCUT2D eigenvalue weighted by molar-refractivity contribution is 7.22. The van der Waals surface area contributed by atoms with Crippen molar-refractivity contribution in [2.24, 2.45) is 7.05 Å². The zero-order valence-corrected chi connectivity index (χ0v) is 25.3. The quantitative estimate of drug-likeness (QED) is 0.203. The summed E-state index contributed by atoms with van der Waals surface area (Å²) in [7, 11) is 3.50. The Morgan fingerprint density at radius 1 is 1.07 bits per heavy atom. The lowest BCUT2D eigenvalue weighted by atomic mass is 10.3. The Morgan fingerprint density at radius 3 is 2.52 bits per heavy atom. The molecule has 0 aliphatic carbocycles. The summed E-state index contributed by atoms with van der Waals surface area (Å²) >= 11 is 1.42. The number of carbonyl (C=O) groups is 2. The number of ether oxygens (including phenoxy) is 2. The molecule has 1 aromatic carbocycles. The highest BCUT2D eigenvalue weighted by Crippen LogP contribution is 2.39.